The lowest BCUT2D eigenvalue weighted by atomic mass is 9.96. The van der Waals surface area contributed by atoms with Crippen molar-refractivity contribution in [3.63, 3.8) is 0 Å². The molecule has 6 heteroatoms. The summed E-state index contributed by atoms with van der Waals surface area (Å²) in [6.45, 7) is 1.28. The number of nitrogens with one attached hydrogen (secondary N) is 1. The van der Waals surface area contributed by atoms with Crippen LogP contribution in [0.5, 0.6) is 0 Å². The Balaban J connectivity index is 1.60. The summed E-state index contributed by atoms with van der Waals surface area (Å²) in [5.74, 6) is 0.232. The highest BCUT2D eigenvalue weighted by atomic mass is 16.2. The predicted octanol–water partition coefficient (Wildman–Crippen LogP) is 3.20. The largest absolute Gasteiger partial charge is 0.364 e. The van der Waals surface area contributed by atoms with Gasteiger partial charge in [-0.2, -0.15) is 0 Å². The number of aromatic amines is 1. The number of hydrogen-bond acceptors (Lipinski definition) is 3. The Morgan fingerprint density at radius 2 is 1.71 bits per heavy atom. The number of primary amides is 1. The average Bonchev–Trinajstić information content (AvgIpc) is 3.21. The van der Waals surface area contributed by atoms with Crippen LogP contribution in [0.4, 0.5) is 0 Å². The molecule has 1 aromatic heterocycles. The van der Waals surface area contributed by atoms with Crippen molar-refractivity contribution >= 4 is 11.8 Å². The quantitative estimate of drug-likeness (QED) is 0.734. The molecule has 2 aromatic carbocycles. The molecule has 0 aliphatic carbocycles. The summed E-state index contributed by atoms with van der Waals surface area (Å²) >= 11 is 0. The third-order valence-corrected chi connectivity index (χ3v) is 5.13. The van der Waals surface area contributed by atoms with Crippen LogP contribution in [0.3, 0.4) is 0 Å². The second-order valence-corrected chi connectivity index (χ2v) is 7.03. The number of nitrogens with zero attached hydrogens (tertiary/aromatic N) is 2. The van der Waals surface area contributed by atoms with Gasteiger partial charge in [0, 0.05) is 30.1 Å². The number of H-pyrrole nitrogens is 1. The molecule has 1 unspecified atom stereocenters. The van der Waals surface area contributed by atoms with Crippen LogP contribution < -0.4 is 5.73 Å². The second kappa shape index (κ2) is 7.68. The fourth-order valence-corrected chi connectivity index (χ4v) is 3.72. The molecule has 28 heavy (non-hydrogen) atoms. The zero-order valence-corrected chi connectivity index (χ0v) is 15.5. The van der Waals surface area contributed by atoms with E-state index in [0.717, 1.165) is 24.9 Å². The van der Waals surface area contributed by atoms with Gasteiger partial charge in [-0.15, -0.1) is 0 Å². The molecule has 1 atom stereocenters. The molecule has 6 nitrogen and oxygen atoms in total. The van der Waals surface area contributed by atoms with Gasteiger partial charge in [-0.05, 0) is 25.0 Å². The van der Waals surface area contributed by atoms with Gasteiger partial charge in [0.25, 0.3) is 11.8 Å². The highest BCUT2D eigenvalue weighted by molar-refractivity contribution is 5.97. The fraction of sp³-hybridized carbons (Fsp3) is 0.227. The maximum atomic E-state index is 12.8. The van der Waals surface area contributed by atoms with E-state index in [9.17, 15) is 9.59 Å². The van der Waals surface area contributed by atoms with E-state index in [0.29, 0.717) is 29.3 Å². The molecule has 2 amide bonds. The van der Waals surface area contributed by atoms with E-state index in [4.69, 9.17) is 10.7 Å². The maximum absolute atomic E-state index is 12.8. The fourth-order valence-electron chi connectivity index (χ4n) is 3.72. The second-order valence-electron chi connectivity index (χ2n) is 7.03. The van der Waals surface area contributed by atoms with Gasteiger partial charge in [-0.1, -0.05) is 48.5 Å². The Morgan fingerprint density at radius 1 is 1.04 bits per heavy atom. The van der Waals surface area contributed by atoms with E-state index in [2.05, 4.69) is 4.98 Å². The molecule has 1 aliphatic rings. The van der Waals surface area contributed by atoms with E-state index >= 15 is 0 Å². The Morgan fingerprint density at radius 3 is 2.39 bits per heavy atom. The minimum atomic E-state index is -0.536. The van der Waals surface area contributed by atoms with Crippen molar-refractivity contribution in [3.8, 4) is 11.3 Å². The molecule has 142 valence electrons. The smallest absolute Gasteiger partial charge is 0.267 e. The molecule has 1 aliphatic heterocycles. The van der Waals surface area contributed by atoms with Gasteiger partial charge in [0.05, 0.1) is 0 Å². The number of hydrogen-bond donors (Lipinski definition) is 2. The summed E-state index contributed by atoms with van der Waals surface area (Å²) in [5.41, 5.74) is 7.97. The number of piperidine rings is 1. The maximum Gasteiger partial charge on any atom is 0.267 e. The van der Waals surface area contributed by atoms with Crippen LogP contribution in [-0.4, -0.2) is 39.8 Å². The number of rotatable bonds is 4. The Labute approximate surface area is 163 Å². The number of imidazole rings is 1. The number of likely N-dealkylation sites (tertiary alicyclic amines) is 1. The summed E-state index contributed by atoms with van der Waals surface area (Å²) in [4.78, 5) is 34.4. The van der Waals surface area contributed by atoms with Gasteiger partial charge in [-0.25, -0.2) is 4.98 Å². The van der Waals surface area contributed by atoms with Crippen molar-refractivity contribution in [1.82, 2.24) is 14.9 Å². The zero-order chi connectivity index (χ0) is 19.5. The van der Waals surface area contributed by atoms with Crippen molar-refractivity contribution in [2.24, 2.45) is 5.73 Å². The molecule has 1 fully saturated rings. The van der Waals surface area contributed by atoms with E-state index in [-0.39, 0.29) is 11.8 Å². The van der Waals surface area contributed by atoms with E-state index in [1.54, 1.807) is 0 Å². The summed E-state index contributed by atoms with van der Waals surface area (Å²) in [6, 6.07) is 18.8. The van der Waals surface area contributed by atoms with Gasteiger partial charge in [0.15, 0.2) is 0 Å². The minimum Gasteiger partial charge on any atom is -0.364 e. The number of nitrogens with two attached hydrogens (primary N) is 1. The summed E-state index contributed by atoms with van der Waals surface area (Å²) in [5, 5.41) is 0. The number of benzene rings is 2. The Kier molecular flexibility index (Phi) is 4.93. The Bertz CT molecular complexity index is 982. The lowest BCUT2D eigenvalue weighted by Crippen LogP contribution is -2.39. The summed E-state index contributed by atoms with van der Waals surface area (Å²) in [6.07, 6.45) is 1.79. The normalized spacial score (nSPS) is 16.7. The molecule has 2 heterocycles. The first-order chi connectivity index (χ1) is 13.6. The third-order valence-electron chi connectivity index (χ3n) is 5.13. The van der Waals surface area contributed by atoms with Crippen molar-refractivity contribution in [2.45, 2.75) is 18.8 Å². The van der Waals surface area contributed by atoms with Crippen LogP contribution in [0, 0.1) is 0 Å². The van der Waals surface area contributed by atoms with Crippen LogP contribution in [0.2, 0.25) is 0 Å². The molecule has 0 saturated carbocycles. The van der Waals surface area contributed by atoms with Crippen molar-refractivity contribution in [3.05, 3.63) is 77.7 Å². The highest BCUT2D eigenvalue weighted by Crippen LogP contribution is 2.30. The standard InChI is InChI=1S/C22H22N4O2/c23-20(27)19-18(15-8-3-1-4-9-15)24-21(25-19)17-12-7-13-26(14-17)22(28)16-10-5-2-6-11-16/h1-6,8-11,17H,7,12-14H2,(H2,23,27)(H,24,25). The lowest BCUT2D eigenvalue weighted by Gasteiger charge is -2.32. The van der Waals surface area contributed by atoms with Gasteiger partial charge >= 0.3 is 0 Å². The minimum absolute atomic E-state index is 0.0234. The van der Waals surface area contributed by atoms with Crippen LogP contribution >= 0.6 is 0 Å². The molecule has 0 radical (unpaired) electrons. The third kappa shape index (κ3) is 3.53. The van der Waals surface area contributed by atoms with E-state index < -0.39 is 5.91 Å². The first-order valence-electron chi connectivity index (χ1n) is 9.43. The van der Waals surface area contributed by atoms with Crippen LogP contribution in [0.1, 0.15) is 45.4 Å². The predicted molar refractivity (Wildman–Crippen MR) is 107 cm³/mol. The van der Waals surface area contributed by atoms with Gasteiger partial charge in [-0.3, -0.25) is 9.59 Å². The van der Waals surface area contributed by atoms with Crippen molar-refractivity contribution in [2.75, 3.05) is 13.1 Å². The van der Waals surface area contributed by atoms with Gasteiger partial charge in [0.2, 0.25) is 0 Å². The van der Waals surface area contributed by atoms with Crippen LogP contribution in [0.25, 0.3) is 11.3 Å². The monoisotopic (exact) mass is 374 g/mol. The number of carbonyl (C=O) groups is 2. The van der Waals surface area contributed by atoms with Gasteiger partial charge < -0.3 is 15.6 Å². The van der Waals surface area contributed by atoms with Gasteiger partial charge in [0.1, 0.15) is 17.2 Å². The molecule has 3 N–H and O–H groups in total. The first kappa shape index (κ1) is 18.0. The zero-order valence-electron chi connectivity index (χ0n) is 15.5. The summed E-state index contributed by atoms with van der Waals surface area (Å²) in [7, 11) is 0. The molecule has 1 saturated heterocycles. The van der Waals surface area contributed by atoms with Crippen LogP contribution in [-0.2, 0) is 0 Å². The number of aromatic nitrogens is 2. The number of amides is 2. The molecular weight excluding hydrogens is 352 g/mol. The van der Waals surface area contributed by atoms with Crippen molar-refractivity contribution in [1.29, 1.82) is 0 Å². The van der Waals surface area contributed by atoms with E-state index in [1.165, 1.54) is 0 Å². The highest BCUT2D eigenvalue weighted by Gasteiger charge is 2.29. The molecule has 4 rings (SSSR count). The lowest BCUT2D eigenvalue weighted by molar-refractivity contribution is 0.0704. The summed E-state index contributed by atoms with van der Waals surface area (Å²) < 4.78 is 0. The molecular formula is C22H22N4O2. The van der Waals surface area contributed by atoms with E-state index in [1.807, 2.05) is 65.6 Å². The average molecular weight is 374 g/mol. The molecule has 0 bridgehead atoms. The van der Waals surface area contributed by atoms with Crippen LogP contribution in [0.15, 0.2) is 60.7 Å². The molecule has 3 aromatic rings. The molecule has 0 spiro atoms. The topological polar surface area (TPSA) is 92.1 Å². The SMILES string of the molecule is NC(=O)c1[nH]c(C2CCCN(C(=O)c3ccccc3)C2)nc1-c1ccccc1. The number of carbonyl (C=O) groups excluding carboxylic acids is 2. The van der Waals surface area contributed by atoms with Crippen molar-refractivity contribution < 1.29 is 9.59 Å². The Hall–Kier alpha value is -3.41. The first-order valence-corrected chi connectivity index (χ1v) is 9.43.